The van der Waals surface area contributed by atoms with E-state index in [1.54, 1.807) is 18.2 Å². The van der Waals surface area contributed by atoms with Crippen molar-refractivity contribution in [2.24, 2.45) is 0 Å². The summed E-state index contributed by atoms with van der Waals surface area (Å²) >= 11 is 0. The highest BCUT2D eigenvalue weighted by atomic mass is 32.2. The quantitative estimate of drug-likeness (QED) is 0.709. The average molecular weight is 392 g/mol. The van der Waals surface area contributed by atoms with E-state index < -0.39 is 10.0 Å². The Morgan fingerprint density at radius 1 is 1.04 bits per heavy atom. The van der Waals surface area contributed by atoms with Crippen LogP contribution in [0.25, 0.3) is 0 Å². The lowest BCUT2D eigenvalue weighted by atomic mass is 10.2. The predicted molar refractivity (Wildman–Crippen MR) is 104 cm³/mol. The molecule has 2 aromatic rings. The van der Waals surface area contributed by atoms with Gasteiger partial charge in [0.25, 0.3) is 0 Å². The molecule has 0 aliphatic heterocycles. The zero-order valence-corrected chi connectivity index (χ0v) is 16.5. The lowest BCUT2D eigenvalue weighted by Gasteiger charge is -2.20. The van der Waals surface area contributed by atoms with Crippen molar-refractivity contribution in [3.05, 3.63) is 54.1 Å². The normalized spacial score (nSPS) is 11.3. The SMILES string of the molecule is COc1ccc(NC(=O)CCN(Cc2ccccc2)S(C)(=O)=O)cc1OC. The second-order valence-electron chi connectivity index (χ2n) is 5.95. The third-order valence-electron chi connectivity index (χ3n) is 3.93. The number of benzene rings is 2. The first-order valence-electron chi connectivity index (χ1n) is 8.34. The summed E-state index contributed by atoms with van der Waals surface area (Å²) in [5.74, 6) is 0.766. The molecule has 146 valence electrons. The van der Waals surface area contributed by atoms with Crippen molar-refractivity contribution in [2.45, 2.75) is 13.0 Å². The van der Waals surface area contributed by atoms with E-state index in [1.165, 1.54) is 18.5 Å². The van der Waals surface area contributed by atoms with Crippen LogP contribution in [-0.4, -0.2) is 45.7 Å². The van der Waals surface area contributed by atoms with Crippen molar-refractivity contribution in [1.29, 1.82) is 0 Å². The number of ether oxygens (including phenoxy) is 2. The largest absolute Gasteiger partial charge is 0.493 e. The minimum atomic E-state index is -3.43. The van der Waals surface area contributed by atoms with Gasteiger partial charge in [0.1, 0.15) is 0 Å². The van der Waals surface area contributed by atoms with E-state index in [9.17, 15) is 13.2 Å². The van der Waals surface area contributed by atoms with Crippen molar-refractivity contribution in [3.8, 4) is 11.5 Å². The summed E-state index contributed by atoms with van der Waals surface area (Å²) < 4.78 is 35.7. The van der Waals surface area contributed by atoms with Gasteiger partial charge in [-0.25, -0.2) is 8.42 Å². The lowest BCUT2D eigenvalue weighted by molar-refractivity contribution is -0.116. The van der Waals surface area contributed by atoms with Crippen LogP contribution in [0.2, 0.25) is 0 Å². The van der Waals surface area contributed by atoms with Gasteiger partial charge in [-0.1, -0.05) is 30.3 Å². The fourth-order valence-corrected chi connectivity index (χ4v) is 3.32. The minimum absolute atomic E-state index is 0.0360. The number of hydrogen-bond donors (Lipinski definition) is 1. The Labute approximate surface area is 160 Å². The van der Waals surface area contributed by atoms with Crippen LogP contribution in [0.4, 0.5) is 5.69 Å². The van der Waals surface area contributed by atoms with Crippen LogP contribution in [0.3, 0.4) is 0 Å². The fraction of sp³-hybridized carbons (Fsp3) is 0.316. The van der Waals surface area contributed by atoms with Crippen LogP contribution in [0.1, 0.15) is 12.0 Å². The Morgan fingerprint density at radius 2 is 1.70 bits per heavy atom. The molecule has 0 fully saturated rings. The number of sulfonamides is 1. The summed E-state index contributed by atoms with van der Waals surface area (Å²) in [6.45, 7) is 0.316. The molecule has 2 aromatic carbocycles. The maximum absolute atomic E-state index is 12.2. The van der Waals surface area contributed by atoms with E-state index in [1.807, 2.05) is 30.3 Å². The number of rotatable bonds is 9. The lowest BCUT2D eigenvalue weighted by Crippen LogP contribution is -2.32. The van der Waals surface area contributed by atoms with E-state index >= 15 is 0 Å². The van der Waals surface area contributed by atoms with Gasteiger partial charge < -0.3 is 14.8 Å². The van der Waals surface area contributed by atoms with E-state index in [-0.39, 0.29) is 25.4 Å². The summed E-state index contributed by atoms with van der Waals surface area (Å²) in [5.41, 5.74) is 1.41. The highest BCUT2D eigenvalue weighted by Crippen LogP contribution is 2.29. The molecule has 0 atom stereocenters. The first-order chi connectivity index (χ1) is 12.8. The van der Waals surface area contributed by atoms with Crippen LogP contribution in [-0.2, 0) is 21.4 Å². The number of nitrogens with one attached hydrogen (secondary N) is 1. The maximum atomic E-state index is 12.2. The molecule has 8 heteroatoms. The third kappa shape index (κ3) is 6.26. The molecule has 7 nitrogen and oxygen atoms in total. The first-order valence-corrected chi connectivity index (χ1v) is 10.2. The number of hydrogen-bond acceptors (Lipinski definition) is 5. The van der Waals surface area contributed by atoms with E-state index in [0.29, 0.717) is 17.2 Å². The second kappa shape index (κ2) is 9.38. The summed E-state index contributed by atoms with van der Waals surface area (Å²) in [6.07, 6.45) is 1.18. The monoisotopic (exact) mass is 392 g/mol. The molecule has 1 amide bonds. The Kier molecular flexibility index (Phi) is 7.20. The van der Waals surface area contributed by atoms with Crippen molar-refractivity contribution < 1.29 is 22.7 Å². The molecule has 0 heterocycles. The maximum Gasteiger partial charge on any atom is 0.225 e. The molecule has 0 bridgehead atoms. The Morgan fingerprint density at radius 3 is 2.30 bits per heavy atom. The van der Waals surface area contributed by atoms with E-state index in [2.05, 4.69) is 5.32 Å². The molecule has 2 rings (SSSR count). The molecular formula is C19H24N2O5S. The molecule has 0 radical (unpaired) electrons. The highest BCUT2D eigenvalue weighted by molar-refractivity contribution is 7.88. The van der Waals surface area contributed by atoms with Crippen LogP contribution in [0.15, 0.2) is 48.5 Å². The van der Waals surface area contributed by atoms with Gasteiger partial charge in [0.15, 0.2) is 11.5 Å². The van der Waals surface area contributed by atoms with E-state index in [0.717, 1.165) is 11.8 Å². The molecule has 0 unspecified atom stereocenters. The number of amides is 1. The fourth-order valence-electron chi connectivity index (χ4n) is 2.51. The van der Waals surface area contributed by atoms with Gasteiger partial charge in [0.2, 0.25) is 15.9 Å². The predicted octanol–water partition coefficient (Wildman–Crippen LogP) is 2.49. The molecule has 0 aliphatic rings. The first kappa shape index (κ1) is 20.7. The minimum Gasteiger partial charge on any atom is -0.493 e. The number of methoxy groups -OCH3 is 2. The van der Waals surface area contributed by atoms with Crippen molar-refractivity contribution in [3.63, 3.8) is 0 Å². The van der Waals surface area contributed by atoms with Gasteiger partial charge in [0, 0.05) is 31.3 Å². The molecule has 27 heavy (non-hydrogen) atoms. The van der Waals surface area contributed by atoms with Crippen LogP contribution >= 0.6 is 0 Å². The zero-order valence-electron chi connectivity index (χ0n) is 15.6. The van der Waals surface area contributed by atoms with Gasteiger partial charge in [-0.15, -0.1) is 0 Å². The molecule has 0 spiro atoms. The van der Waals surface area contributed by atoms with E-state index in [4.69, 9.17) is 9.47 Å². The second-order valence-corrected chi connectivity index (χ2v) is 7.93. The Hall–Kier alpha value is -2.58. The Balaban J connectivity index is 1.99. The van der Waals surface area contributed by atoms with Crippen molar-refractivity contribution >= 4 is 21.6 Å². The van der Waals surface area contributed by atoms with Gasteiger partial charge in [-0.3, -0.25) is 4.79 Å². The van der Waals surface area contributed by atoms with Gasteiger partial charge in [0.05, 0.1) is 20.5 Å². The van der Waals surface area contributed by atoms with Gasteiger partial charge in [-0.05, 0) is 17.7 Å². The number of anilines is 1. The number of nitrogens with zero attached hydrogens (tertiary/aromatic N) is 1. The number of carbonyl (C=O) groups is 1. The molecule has 0 saturated carbocycles. The van der Waals surface area contributed by atoms with Crippen LogP contribution in [0.5, 0.6) is 11.5 Å². The topological polar surface area (TPSA) is 84.9 Å². The average Bonchev–Trinajstić information content (AvgIpc) is 2.64. The summed E-state index contributed by atoms with van der Waals surface area (Å²) in [6, 6.07) is 14.3. The summed E-state index contributed by atoms with van der Waals surface area (Å²) in [4.78, 5) is 12.2. The van der Waals surface area contributed by atoms with Gasteiger partial charge in [-0.2, -0.15) is 4.31 Å². The molecule has 0 aromatic heterocycles. The highest BCUT2D eigenvalue weighted by Gasteiger charge is 2.18. The van der Waals surface area contributed by atoms with Gasteiger partial charge >= 0.3 is 0 Å². The molecule has 0 saturated heterocycles. The third-order valence-corrected chi connectivity index (χ3v) is 5.18. The van der Waals surface area contributed by atoms with Crippen LogP contribution in [0, 0.1) is 0 Å². The number of carbonyl (C=O) groups excluding carboxylic acids is 1. The van der Waals surface area contributed by atoms with Crippen molar-refractivity contribution in [1.82, 2.24) is 4.31 Å². The summed E-state index contributed by atoms with van der Waals surface area (Å²) in [5, 5.41) is 2.74. The van der Waals surface area contributed by atoms with Crippen LogP contribution < -0.4 is 14.8 Å². The summed E-state index contributed by atoms with van der Waals surface area (Å²) in [7, 11) is -0.393. The Bertz CT molecular complexity index is 869. The smallest absolute Gasteiger partial charge is 0.225 e. The molecule has 0 aliphatic carbocycles. The zero-order chi connectivity index (χ0) is 19.9. The molecular weight excluding hydrogens is 368 g/mol. The van der Waals surface area contributed by atoms with Crippen molar-refractivity contribution in [2.75, 3.05) is 32.3 Å². The molecule has 1 N–H and O–H groups in total. The standard InChI is InChI=1S/C19H24N2O5S/c1-25-17-10-9-16(13-18(17)26-2)20-19(22)11-12-21(27(3,23)24)14-15-7-5-4-6-8-15/h4-10,13H,11-12,14H2,1-3H3,(H,20,22).